The highest BCUT2D eigenvalue weighted by Crippen LogP contribution is 2.17. The van der Waals surface area contributed by atoms with E-state index in [4.69, 9.17) is 0 Å². The molecule has 94 valence electrons. The lowest BCUT2D eigenvalue weighted by Gasteiger charge is -2.08. The molecule has 0 unspecified atom stereocenters. The van der Waals surface area contributed by atoms with Crippen molar-refractivity contribution in [3.8, 4) is 5.69 Å². The van der Waals surface area contributed by atoms with Crippen LogP contribution in [-0.4, -0.2) is 0 Å². The third-order valence-corrected chi connectivity index (χ3v) is 3.62. The summed E-state index contributed by atoms with van der Waals surface area (Å²) < 4.78 is 2.38. The van der Waals surface area contributed by atoms with Crippen LogP contribution in [0.2, 0.25) is 0 Å². The number of benzene rings is 2. The number of nitrogens with zero attached hydrogens (tertiary/aromatic N) is 1. The fourth-order valence-corrected chi connectivity index (χ4v) is 2.76. The third kappa shape index (κ3) is 2.01. The monoisotopic (exact) mass is 248 g/mol. The summed E-state index contributed by atoms with van der Waals surface area (Å²) in [4.78, 5) is 0. The van der Waals surface area contributed by atoms with Crippen molar-refractivity contribution in [2.45, 2.75) is 20.3 Å². The Morgan fingerprint density at radius 1 is 0.895 bits per heavy atom. The molecule has 2 aromatic carbocycles. The van der Waals surface area contributed by atoms with Crippen LogP contribution in [0.25, 0.3) is 16.6 Å². The zero-order valence-corrected chi connectivity index (χ0v) is 11.4. The lowest BCUT2D eigenvalue weighted by Crippen LogP contribution is -2.37. The minimum absolute atomic E-state index is 1.03. The first-order valence-corrected chi connectivity index (χ1v) is 6.80. The minimum Gasteiger partial charge on any atom is -0.157 e. The van der Waals surface area contributed by atoms with Crippen LogP contribution in [-0.2, 0) is 6.42 Å². The molecule has 0 amide bonds. The summed E-state index contributed by atoms with van der Waals surface area (Å²) in [7, 11) is 0. The Morgan fingerprint density at radius 3 is 2.32 bits per heavy atom. The van der Waals surface area contributed by atoms with Crippen molar-refractivity contribution in [2.24, 2.45) is 0 Å². The van der Waals surface area contributed by atoms with Gasteiger partial charge < -0.3 is 0 Å². The number of rotatable bonds is 2. The molecule has 0 N–H and O–H groups in total. The summed E-state index contributed by atoms with van der Waals surface area (Å²) in [6.45, 7) is 4.42. The Bertz CT molecular complexity index is 714. The number of hydrogen-bond acceptors (Lipinski definition) is 0. The van der Waals surface area contributed by atoms with Crippen LogP contribution in [0.3, 0.4) is 0 Å². The molecule has 3 rings (SSSR count). The summed E-state index contributed by atoms with van der Waals surface area (Å²) in [5, 5.41) is 1.29. The Labute approximate surface area is 114 Å². The van der Waals surface area contributed by atoms with Gasteiger partial charge in [0.1, 0.15) is 0 Å². The quantitative estimate of drug-likeness (QED) is 0.604. The van der Waals surface area contributed by atoms with Crippen LogP contribution in [0.15, 0.2) is 60.7 Å². The summed E-state index contributed by atoms with van der Waals surface area (Å²) in [5.41, 5.74) is 5.24. The van der Waals surface area contributed by atoms with Gasteiger partial charge in [-0.25, -0.2) is 0 Å². The maximum atomic E-state index is 2.38. The SMILES string of the molecule is CCc1c(C)cc2ccccc2[n+]1-c1ccccc1. The Balaban J connectivity index is 2.43. The van der Waals surface area contributed by atoms with Gasteiger partial charge in [-0.05, 0) is 19.1 Å². The van der Waals surface area contributed by atoms with Gasteiger partial charge in [-0.1, -0.05) is 37.3 Å². The minimum atomic E-state index is 1.03. The predicted octanol–water partition coefficient (Wildman–Crippen LogP) is 3.99. The van der Waals surface area contributed by atoms with E-state index >= 15 is 0 Å². The zero-order valence-electron chi connectivity index (χ0n) is 11.4. The lowest BCUT2D eigenvalue weighted by molar-refractivity contribution is -0.576. The second kappa shape index (κ2) is 4.85. The largest absolute Gasteiger partial charge is 0.218 e. The predicted molar refractivity (Wildman–Crippen MR) is 79.6 cm³/mol. The Kier molecular flexibility index (Phi) is 3.04. The molecule has 0 atom stereocenters. The molecule has 0 spiro atoms. The normalized spacial score (nSPS) is 10.8. The highest BCUT2D eigenvalue weighted by molar-refractivity contribution is 5.76. The average Bonchev–Trinajstić information content (AvgIpc) is 2.46. The molecule has 1 nitrogen and oxygen atoms in total. The maximum absolute atomic E-state index is 2.38. The van der Waals surface area contributed by atoms with Gasteiger partial charge in [0.2, 0.25) is 11.2 Å². The Morgan fingerprint density at radius 2 is 1.58 bits per heavy atom. The zero-order chi connectivity index (χ0) is 13.2. The van der Waals surface area contributed by atoms with Crippen LogP contribution >= 0.6 is 0 Å². The van der Waals surface area contributed by atoms with Crippen LogP contribution in [0.5, 0.6) is 0 Å². The Hall–Kier alpha value is -2.15. The van der Waals surface area contributed by atoms with Gasteiger partial charge in [-0.2, -0.15) is 4.57 Å². The molecule has 1 aromatic heterocycles. The van der Waals surface area contributed by atoms with E-state index in [0.717, 1.165) is 6.42 Å². The van der Waals surface area contributed by atoms with E-state index in [1.807, 2.05) is 0 Å². The average molecular weight is 248 g/mol. The first-order valence-electron chi connectivity index (χ1n) is 6.80. The molecular weight excluding hydrogens is 230 g/mol. The van der Waals surface area contributed by atoms with Crippen molar-refractivity contribution in [2.75, 3.05) is 0 Å². The molecule has 0 aliphatic carbocycles. The fourth-order valence-electron chi connectivity index (χ4n) is 2.76. The molecule has 0 fully saturated rings. The van der Waals surface area contributed by atoms with E-state index in [-0.39, 0.29) is 0 Å². The smallest absolute Gasteiger partial charge is 0.157 e. The van der Waals surface area contributed by atoms with Gasteiger partial charge in [0.05, 0.1) is 0 Å². The third-order valence-electron chi connectivity index (χ3n) is 3.62. The molecule has 0 bridgehead atoms. The van der Waals surface area contributed by atoms with Crippen molar-refractivity contribution in [3.63, 3.8) is 0 Å². The first kappa shape index (κ1) is 11.9. The van der Waals surface area contributed by atoms with Crippen LogP contribution in [0.1, 0.15) is 18.2 Å². The van der Waals surface area contributed by atoms with Crippen LogP contribution < -0.4 is 4.57 Å². The highest BCUT2D eigenvalue weighted by atomic mass is 15.0. The number of aryl methyl sites for hydroxylation is 1. The summed E-state index contributed by atoms with van der Waals surface area (Å²) >= 11 is 0. The van der Waals surface area contributed by atoms with Gasteiger partial charge in [0.15, 0.2) is 5.69 Å². The molecule has 19 heavy (non-hydrogen) atoms. The van der Waals surface area contributed by atoms with Crippen LogP contribution in [0, 0.1) is 6.92 Å². The van der Waals surface area contributed by atoms with Crippen molar-refractivity contribution in [3.05, 3.63) is 71.9 Å². The van der Waals surface area contributed by atoms with E-state index in [2.05, 4.69) is 79.1 Å². The highest BCUT2D eigenvalue weighted by Gasteiger charge is 2.19. The number of pyridine rings is 1. The van der Waals surface area contributed by atoms with Crippen molar-refractivity contribution in [1.82, 2.24) is 0 Å². The molecular formula is C18H18N+. The van der Waals surface area contributed by atoms with Gasteiger partial charge in [-0.3, -0.25) is 0 Å². The van der Waals surface area contributed by atoms with Crippen molar-refractivity contribution >= 4 is 10.9 Å². The van der Waals surface area contributed by atoms with Gasteiger partial charge >= 0.3 is 0 Å². The first-order chi connectivity index (χ1) is 9.31. The maximum Gasteiger partial charge on any atom is 0.218 e. The molecule has 1 heteroatoms. The molecule has 0 saturated heterocycles. The van der Waals surface area contributed by atoms with E-state index in [1.54, 1.807) is 0 Å². The number of para-hydroxylation sites is 2. The van der Waals surface area contributed by atoms with Gasteiger partial charge in [0.25, 0.3) is 0 Å². The van der Waals surface area contributed by atoms with E-state index in [1.165, 1.54) is 27.8 Å². The molecule has 0 radical (unpaired) electrons. The summed E-state index contributed by atoms with van der Waals surface area (Å²) in [6, 6.07) is 21.5. The fraction of sp³-hybridized carbons (Fsp3) is 0.167. The van der Waals surface area contributed by atoms with Gasteiger partial charge in [0, 0.05) is 35.6 Å². The summed E-state index contributed by atoms with van der Waals surface area (Å²) in [6.07, 6.45) is 1.03. The molecule has 0 aliphatic rings. The van der Waals surface area contributed by atoms with Crippen molar-refractivity contribution in [1.29, 1.82) is 0 Å². The second-order valence-corrected chi connectivity index (χ2v) is 4.86. The standard InChI is InChI=1S/C18H18N/c1-3-17-14(2)13-15-9-7-8-12-18(15)19(17)16-10-5-4-6-11-16/h4-13H,3H2,1-2H3/q+1. The van der Waals surface area contributed by atoms with E-state index < -0.39 is 0 Å². The molecule has 0 aliphatic heterocycles. The topological polar surface area (TPSA) is 3.88 Å². The van der Waals surface area contributed by atoms with Crippen molar-refractivity contribution < 1.29 is 4.57 Å². The number of fused-ring (bicyclic) bond motifs is 1. The number of aromatic nitrogens is 1. The summed E-state index contributed by atoms with van der Waals surface area (Å²) in [5.74, 6) is 0. The lowest BCUT2D eigenvalue weighted by atomic mass is 10.1. The molecule has 3 aromatic rings. The molecule has 1 heterocycles. The molecule has 0 saturated carbocycles. The number of hydrogen-bond donors (Lipinski definition) is 0. The second-order valence-electron chi connectivity index (χ2n) is 4.86. The van der Waals surface area contributed by atoms with E-state index in [9.17, 15) is 0 Å². The van der Waals surface area contributed by atoms with Gasteiger partial charge in [-0.15, -0.1) is 0 Å². The van der Waals surface area contributed by atoms with Crippen LogP contribution in [0.4, 0.5) is 0 Å². The van der Waals surface area contributed by atoms with E-state index in [0.29, 0.717) is 0 Å².